The van der Waals surface area contributed by atoms with Crippen molar-refractivity contribution >= 4 is 41.5 Å². The Balaban J connectivity index is 0.00000312. The molecule has 0 aliphatic carbocycles. The standard InChI is InChI=1S/C17H23ClN4O2.HI/c1-5-19-17(21-10-16-22-11(2)12(3)24-16)20-9-13-6-7-14(18)8-15(13)23-4;/h6-8H,5,9-10H2,1-4H3,(H2,19,20,21);1H. The highest BCUT2D eigenvalue weighted by Crippen LogP contribution is 2.23. The van der Waals surface area contributed by atoms with Crippen LogP contribution in [0.5, 0.6) is 5.75 Å². The molecular formula is C17H24ClIN4O2. The lowest BCUT2D eigenvalue weighted by Crippen LogP contribution is -2.36. The van der Waals surface area contributed by atoms with Gasteiger partial charge in [0.05, 0.1) is 25.9 Å². The van der Waals surface area contributed by atoms with Crippen molar-refractivity contribution in [2.45, 2.75) is 33.9 Å². The van der Waals surface area contributed by atoms with Gasteiger partial charge >= 0.3 is 0 Å². The van der Waals surface area contributed by atoms with Gasteiger partial charge in [0.25, 0.3) is 0 Å². The summed E-state index contributed by atoms with van der Waals surface area (Å²) in [5.41, 5.74) is 1.86. The van der Waals surface area contributed by atoms with Crippen molar-refractivity contribution in [3.8, 4) is 5.75 Å². The van der Waals surface area contributed by atoms with Crippen LogP contribution in [-0.4, -0.2) is 24.6 Å². The molecule has 1 aromatic heterocycles. The van der Waals surface area contributed by atoms with Gasteiger partial charge in [-0.3, -0.25) is 0 Å². The first-order valence-electron chi connectivity index (χ1n) is 7.81. The van der Waals surface area contributed by atoms with E-state index in [0.29, 0.717) is 30.0 Å². The molecule has 0 spiro atoms. The van der Waals surface area contributed by atoms with E-state index in [4.69, 9.17) is 20.8 Å². The molecule has 0 saturated heterocycles. The molecule has 2 N–H and O–H groups in total. The van der Waals surface area contributed by atoms with Crippen LogP contribution in [0.15, 0.2) is 27.6 Å². The van der Waals surface area contributed by atoms with Crippen molar-refractivity contribution in [3.63, 3.8) is 0 Å². The summed E-state index contributed by atoms with van der Waals surface area (Å²) in [6, 6.07) is 5.52. The number of halogens is 2. The van der Waals surface area contributed by atoms with Gasteiger partial charge in [0.15, 0.2) is 5.96 Å². The molecule has 0 saturated carbocycles. The largest absolute Gasteiger partial charge is 0.496 e. The van der Waals surface area contributed by atoms with E-state index in [1.807, 2.05) is 32.9 Å². The molecule has 1 heterocycles. The Hall–Kier alpha value is -1.48. The van der Waals surface area contributed by atoms with Gasteiger partial charge in [-0.15, -0.1) is 24.0 Å². The van der Waals surface area contributed by atoms with Crippen molar-refractivity contribution in [1.82, 2.24) is 15.6 Å². The van der Waals surface area contributed by atoms with Crippen LogP contribution in [0.1, 0.15) is 29.8 Å². The molecule has 0 amide bonds. The average molecular weight is 479 g/mol. The number of nitrogens with one attached hydrogen (secondary N) is 2. The Morgan fingerprint density at radius 3 is 2.68 bits per heavy atom. The quantitative estimate of drug-likeness (QED) is 0.375. The van der Waals surface area contributed by atoms with E-state index < -0.39 is 0 Å². The molecule has 0 unspecified atom stereocenters. The van der Waals surface area contributed by atoms with Crippen LogP contribution < -0.4 is 15.4 Å². The lowest BCUT2D eigenvalue weighted by Gasteiger charge is -2.11. The van der Waals surface area contributed by atoms with Gasteiger partial charge < -0.3 is 19.8 Å². The number of oxazole rings is 1. The molecule has 1 aromatic carbocycles. The number of guanidine groups is 1. The summed E-state index contributed by atoms with van der Waals surface area (Å²) in [6.45, 7) is 7.54. The predicted octanol–water partition coefficient (Wildman–Crippen LogP) is 3.83. The second-order valence-electron chi connectivity index (χ2n) is 5.25. The Labute approximate surface area is 170 Å². The summed E-state index contributed by atoms with van der Waals surface area (Å²) in [5.74, 6) is 2.88. The first kappa shape index (κ1) is 21.6. The highest BCUT2D eigenvalue weighted by Gasteiger charge is 2.07. The zero-order chi connectivity index (χ0) is 17.5. The van der Waals surface area contributed by atoms with Gasteiger partial charge in [0.1, 0.15) is 11.5 Å². The molecule has 138 valence electrons. The summed E-state index contributed by atoms with van der Waals surface area (Å²) in [4.78, 5) is 8.92. The Kier molecular flexibility index (Phi) is 9.05. The van der Waals surface area contributed by atoms with Crippen LogP contribution in [0, 0.1) is 13.8 Å². The SMILES string of the molecule is CCNC(=NCc1ccc(Cl)cc1OC)NCc1nc(C)c(C)o1.I. The van der Waals surface area contributed by atoms with E-state index in [9.17, 15) is 0 Å². The van der Waals surface area contributed by atoms with Gasteiger partial charge in [-0.05, 0) is 32.9 Å². The molecule has 0 radical (unpaired) electrons. The number of benzene rings is 1. The Morgan fingerprint density at radius 2 is 2.08 bits per heavy atom. The summed E-state index contributed by atoms with van der Waals surface area (Å²) in [7, 11) is 1.62. The van der Waals surface area contributed by atoms with Gasteiger partial charge in [0, 0.05) is 17.1 Å². The lowest BCUT2D eigenvalue weighted by molar-refractivity contribution is 0.410. The van der Waals surface area contributed by atoms with E-state index in [1.165, 1.54) is 0 Å². The number of rotatable bonds is 6. The van der Waals surface area contributed by atoms with Crippen LogP contribution in [-0.2, 0) is 13.1 Å². The topological polar surface area (TPSA) is 71.7 Å². The van der Waals surface area contributed by atoms with Gasteiger partial charge in [-0.2, -0.15) is 0 Å². The monoisotopic (exact) mass is 478 g/mol. The van der Waals surface area contributed by atoms with E-state index in [-0.39, 0.29) is 24.0 Å². The number of methoxy groups -OCH3 is 1. The molecule has 2 rings (SSSR count). The Morgan fingerprint density at radius 1 is 1.32 bits per heavy atom. The third-order valence-electron chi connectivity index (χ3n) is 3.48. The molecular weight excluding hydrogens is 455 g/mol. The number of ether oxygens (including phenoxy) is 1. The van der Waals surface area contributed by atoms with Crippen LogP contribution in [0.2, 0.25) is 5.02 Å². The molecule has 0 fully saturated rings. The third kappa shape index (κ3) is 6.39. The number of hydrogen-bond donors (Lipinski definition) is 2. The molecule has 0 bridgehead atoms. The second kappa shape index (κ2) is 10.5. The molecule has 0 aliphatic heterocycles. The zero-order valence-electron chi connectivity index (χ0n) is 14.9. The maximum atomic E-state index is 5.98. The highest BCUT2D eigenvalue weighted by molar-refractivity contribution is 14.0. The average Bonchev–Trinajstić information content (AvgIpc) is 2.89. The summed E-state index contributed by atoms with van der Waals surface area (Å²) in [6.07, 6.45) is 0. The molecule has 25 heavy (non-hydrogen) atoms. The van der Waals surface area contributed by atoms with Crippen LogP contribution in [0.3, 0.4) is 0 Å². The fraction of sp³-hybridized carbons (Fsp3) is 0.412. The smallest absolute Gasteiger partial charge is 0.214 e. The molecule has 6 nitrogen and oxygen atoms in total. The molecule has 8 heteroatoms. The third-order valence-corrected chi connectivity index (χ3v) is 3.72. The molecule has 2 aromatic rings. The van der Waals surface area contributed by atoms with Gasteiger partial charge in [-0.25, -0.2) is 9.98 Å². The maximum absolute atomic E-state index is 5.98. The van der Waals surface area contributed by atoms with Crippen LogP contribution in [0.25, 0.3) is 0 Å². The van der Waals surface area contributed by atoms with E-state index in [2.05, 4.69) is 20.6 Å². The van der Waals surface area contributed by atoms with Crippen LogP contribution >= 0.6 is 35.6 Å². The van der Waals surface area contributed by atoms with E-state index in [1.54, 1.807) is 13.2 Å². The predicted molar refractivity (Wildman–Crippen MR) is 111 cm³/mol. The Bertz CT molecular complexity index is 699. The summed E-state index contributed by atoms with van der Waals surface area (Å²) >= 11 is 5.98. The van der Waals surface area contributed by atoms with Crippen molar-refractivity contribution < 1.29 is 9.15 Å². The first-order chi connectivity index (χ1) is 11.5. The van der Waals surface area contributed by atoms with Crippen molar-refractivity contribution in [1.29, 1.82) is 0 Å². The number of aliphatic imine (C=N–C) groups is 1. The minimum absolute atomic E-state index is 0. The first-order valence-corrected chi connectivity index (χ1v) is 8.18. The number of nitrogens with zero attached hydrogens (tertiary/aromatic N) is 2. The fourth-order valence-corrected chi connectivity index (χ4v) is 2.29. The lowest BCUT2D eigenvalue weighted by atomic mass is 10.2. The van der Waals surface area contributed by atoms with Gasteiger partial charge in [0.2, 0.25) is 5.89 Å². The summed E-state index contributed by atoms with van der Waals surface area (Å²) < 4.78 is 10.9. The second-order valence-corrected chi connectivity index (χ2v) is 5.69. The number of aromatic nitrogens is 1. The van der Waals surface area contributed by atoms with Crippen molar-refractivity contribution in [2.24, 2.45) is 4.99 Å². The highest BCUT2D eigenvalue weighted by atomic mass is 127. The zero-order valence-corrected chi connectivity index (χ0v) is 17.9. The minimum Gasteiger partial charge on any atom is -0.496 e. The molecule has 0 atom stereocenters. The van der Waals surface area contributed by atoms with Crippen molar-refractivity contribution in [2.75, 3.05) is 13.7 Å². The number of hydrogen-bond acceptors (Lipinski definition) is 4. The molecule has 0 aliphatic rings. The van der Waals surface area contributed by atoms with Crippen LogP contribution in [0.4, 0.5) is 0 Å². The van der Waals surface area contributed by atoms with Gasteiger partial charge in [-0.1, -0.05) is 17.7 Å². The maximum Gasteiger partial charge on any atom is 0.214 e. The fourth-order valence-electron chi connectivity index (χ4n) is 2.13. The number of aryl methyl sites for hydroxylation is 2. The van der Waals surface area contributed by atoms with E-state index in [0.717, 1.165) is 29.3 Å². The van der Waals surface area contributed by atoms with E-state index >= 15 is 0 Å². The normalized spacial score (nSPS) is 11.0. The minimum atomic E-state index is 0. The van der Waals surface area contributed by atoms with Crippen molar-refractivity contribution in [3.05, 3.63) is 46.1 Å². The summed E-state index contributed by atoms with van der Waals surface area (Å²) in [5, 5.41) is 7.05.